The van der Waals surface area contributed by atoms with E-state index in [-0.39, 0.29) is 12.6 Å². The van der Waals surface area contributed by atoms with Crippen molar-refractivity contribution in [3.8, 4) is 0 Å². The third kappa shape index (κ3) is 4.13. The van der Waals surface area contributed by atoms with Crippen LogP contribution in [0.4, 0.5) is 0 Å². The molecule has 0 aromatic heterocycles. The SMILES string of the molecule is CN1CCC(C(=O)OCc2ccc3ccccc3c2)(c2ccc(Cl)c(Cl)c2)CC1. The molecule has 4 rings (SSSR count). The van der Waals surface area contributed by atoms with E-state index < -0.39 is 5.41 Å². The molecule has 0 atom stereocenters. The summed E-state index contributed by atoms with van der Waals surface area (Å²) in [5.41, 5.74) is 1.16. The van der Waals surface area contributed by atoms with Crippen LogP contribution in [0.2, 0.25) is 10.0 Å². The number of rotatable bonds is 4. The Morgan fingerprint density at radius 1 is 0.966 bits per heavy atom. The molecule has 0 spiro atoms. The van der Waals surface area contributed by atoms with Crippen LogP contribution in [0, 0.1) is 0 Å². The maximum absolute atomic E-state index is 13.3. The summed E-state index contributed by atoms with van der Waals surface area (Å²) in [5, 5.41) is 3.26. The van der Waals surface area contributed by atoms with Crippen LogP contribution in [0.15, 0.2) is 60.7 Å². The quantitative estimate of drug-likeness (QED) is 0.488. The summed E-state index contributed by atoms with van der Waals surface area (Å²) in [5.74, 6) is -0.197. The van der Waals surface area contributed by atoms with Gasteiger partial charge in [-0.05, 0) is 73.1 Å². The van der Waals surface area contributed by atoms with E-state index >= 15 is 0 Å². The largest absolute Gasteiger partial charge is 0.460 e. The predicted octanol–water partition coefficient (Wildman–Crippen LogP) is 5.85. The molecule has 1 saturated heterocycles. The normalized spacial score (nSPS) is 16.7. The standard InChI is InChI=1S/C24H23Cl2NO2/c1-27-12-10-24(11-13-27,20-8-9-21(25)22(26)15-20)23(28)29-16-17-6-7-18-4-2-3-5-19(18)14-17/h2-9,14-15H,10-13,16H2,1H3. The number of ether oxygens (including phenoxy) is 1. The summed E-state index contributed by atoms with van der Waals surface area (Å²) in [7, 11) is 2.07. The number of halogens is 2. The molecule has 1 heterocycles. The fourth-order valence-corrected chi connectivity index (χ4v) is 4.32. The average molecular weight is 428 g/mol. The topological polar surface area (TPSA) is 29.5 Å². The molecule has 0 saturated carbocycles. The summed E-state index contributed by atoms with van der Waals surface area (Å²) in [6, 6.07) is 19.8. The minimum absolute atomic E-state index is 0.197. The number of hydrogen-bond acceptors (Lipinski definition) is 3. The maximum atomic E-state index is 13.3. The van der Waals surface area contributed by atoms with E-state index in [4.69, 9.17) is 27.9 Å². The Labute approximate surface area is 181 Å². The Bertz CT molecular complexity index is 1040. The molecule has 3 aromatic carbocycles. The first kappa shape index (κ1) is 20.2. The van der Waals surface area contributed by atoms with Crippen molar-refractivity contribution >= 4 is 39.9 Å². The number of esters is 1. The molecule has 0 aliphatic carbocycles. The molecule has 0 amide bonds. The van der Waals surface area contributed by atoms with Crippen LogP contribution in [-0.4, -0.2) is 31.0 Å². The molecule has 0 unspecified atom stereocenters. The number of likely N-dealkylation sites (tertiary alicyclic amines) is 1. The van der Waals surface area contributed by atoms with E-state index in [9.17, 15) is 4.79 Å². The number of nitrogens with zero attached hydrogens (tertiary/aromatic N) is 1. The van der Waals surface area contributed by atoms with E-state index in [0.717, 1.165) is 29.6 Å². The zero-order valence-corrected chi connectivity index (χ0v) is 17.8. The number of fused-ring (bicyclic) bond motifs is 1. The zero-order valence-electron chi connectivity index (χ0n) is 16.3. The summed E-state index contributed by atoms with van der Waals surface area (Å²) in [6.45, 7) is 1.90. The van der Waals surface area contributed by atoms with Crippen molar-refractivity contribution in [2.75, 3.05) is 20.1 Å². The highest BCUT2D eigenvalue weighted by Crippen LogP contribution is 2.39. The van der Waals surface area contributed by atoms with E-state index in [1.807, 2.05) is 30.3 Å². The van der Waals surface area contributed by atoms with Crippen LogP contribution in [0.5, 0.6) is 0 Å². The Hall–Kier alpha value is -2.07. The average Bonchev–Trinajstić information content (AvgIpc) is 2.74. The van der Waals surface area contributed by atoms with Gasteiger partial charge in [-0.1, -0.05) is 65.7 Å². The second-order valence-electron chi connectivity index (χ2n) is 7.77. The van der Waals surface area contributed by atoms with Gasteiger partial charge in [0, 0.05) is 0 Å². The third-order valence-corrected chi connectivity index (χ3v) is 6.63. The predicted molar refractivity (Wildman–Crippen MR) is 119 cm³/mol. The first-order valence-corrected chi connectivity index (χ1v) is 10.5. The van der Waals surface area contributed by atoms with Crippen molar-refractivity contribution in [1.82, 2.24) is 4.90 Å². The van der Waals surface area contributed by atoms with Crippen LogP contribution in [0.1, 0.15) is 24.0 Å². The van der Waals surface area contributed by atoms with Crippen molar-refractivity contribution in [2.24, 2.45) is 0 Å². The first-order valence-electron chi connectivity index (χ1n) is 9.77. The highest BCUT2D eigenvalue weighted by Gasteiger charge is 2.44. The van der Waals surface area contributed by atoms with E-state index in [1.54, 1.807) is 6.07 Å². The lowest BCUT2D eigenvalue weighted by molar-refractivity contribution is -0.154. The van der Waals surface area contributed by atoms with Gasteiger partial charge in [0.1, 0.15) is 6.61 Å². The lowest BCUT2D eigenvalue weighted by atomic mass is 9.73. The molecule has 5 heteroatoms. The first-order chi connectivity index (χ1) is 14.0. The van der Waals surface area contributed by atoms with Crippen molar-refractivity contribution in [3.05, 3.63) is 81.8 Å². The van der Waals surface area contributed by atoms with Gasteiger partial charge < -0.3 is 9.64 Å². The number of carbonyl (C=O) groups is 1. The van der Waals surface area contributed by atoms with Gasteiger partial charge in [-0.25, -0.2) is 0 Å². The van der Waals surface area contributed by atoms with Crippen LogP contribution in [0.25, 0.3) is 10.8 Å². The molecule has 3 nitrogen and oxygen atoms in total. The molecule has 1 fully saturated rings. The van der Waals surface area contributed by atoms with Crippen LogP contribution in [0.3, 0.4) is 0 Å². The number of hydrogen-bond donors (Lipinski definition) is 0. The lowest BCUT2D eigenvalue weighted by Crippen LogP contribution is -2.47. The van der Waals surface area contributed by atoms with Crippen LogP contribution < -0.4 is 0 Å². The van der Waals surface area contributed by atoms with Crippen molar-refractivity contribution < 1.29 is 9.53 Å². The summed E-state index contributed by atoms with van der Waals surface area (Å²) < 4.78 is 5.85. The minimum Gasteiger partial charge on any atom is -0.460 e. The molecule has 1 aliphatic heterocycles. The molecule has 1 aliphatic rings. The number of benzene rings is 3. The Morgan fingerprint density at radius 2 is 1.69 bits per heavy atom. The van der Waals surface area contributed by atoms with Gasteiger partial charge in [-0.3, -0.25) is 4.79 Å². The van der Waals surface area contributed by atoms with Gasteiger partial charge in [0.2, 0.25) is 0 Å². The molecule has 3 aromatic rings. The van der Waals surface area contributed by atoms with Gasteiger partial charge in [-0.15, -0.1) is 0 Å². The number of piperidine rings is 1. The third-order valence-electron chi connectivity index (χ3n) is 5.89. The van der Waals surface area contributed by atoms with Gasteiger partial charge in [0.15, 0.2) is 0 Å². The van der Waals surface area contributed by atoms with Crippen molar-refractivity contribution in [2.45, 2.75) is 24.9 Å². The monoisotopic (exact) mass is 427 g/mol. The van der Waals surface area contributed by atoms with Gasteiger partial charge >= 0.3 is 5.97 Å². The van der Waals surface area contributed by atoms with Gasteiger partial charge in [-0.2, -0.15) is 0 Å². The maximum Gasteiger partial charge on any atom is 0.316 e. The Morgan fingerprint density at radius 3 is 2.41 bits per heavy atom. The van der Waals surface area contributed by atoms with Gasteiger partial charge in [0.05, 0.1) is 15.5 Å². The lowest BCUT2D eigenvalue weighted by Gasteiger charge is -2.39. The zero-order chi connectivity index (χ0) is 20.4. The molecule has 29 heavy (non-hydrogen) atoms. The highest BCUT2D eigenvalue weighted by atomic mass is 35.5. The van der Waals surface area contributed by atoms with Crippen LogP contribution in [-0.2, 0) is 21.6 Å². The second-order valence-corrected chi connectivity index (χ2v) is 8.59. The molecule has 150 valence electrons. The molecular weight excluding hydrogens is 405 g/mol. The smallest absolute Gasteiger partial charge is 0.316 e. The van der Waals surface area contributed by atoms with E-state index in [1.165, 1.54) is 5.39 Å². The fraction of sp³-hybridized carbons (Fsp3) is 0.292. The van der Waals surface area contributed by atoms with Crippen molar-refractivity contribution in [3.63, 3.8) is 0 Å². The Kier molecular flexibility index (Phi) is 5.82. The molecule has 0 radical (unpaired) electrons. The van der Waals surface area contributed by atoms with Gasteiger partial charge in [0.25, 0.3) is 0 Å². The Balaban J connectivity index is 1.58. The summed E-state index contributed by atoms with van der Waals surface area (Å²) in [6.07, 6.45) is 1.38. The highest BCUT2D eigenvalue weighted by molar-refractivity contribution is 6.42. The fourth-order valence-electron chi connectivity index (χ4n) is 4.02. The van der Waals surface area contributed by atoms with E-state index in [2.05, 4.69) is 36.2 Å². The summed E-state index contributed by atoms with van der Waals surface area (Å²) in [4.78, 5) is 15.6. The number of carbonyl (C=O) groups excluding carboxylic acids is 1. The molecule has 0 N–H and O–H groups in total. The molecule has 0 bridgehead atoms. The second kappa shape index (κ2) is 8.35. The molecular formula is C24H23Cl2NO2. The van der Waals surface area contributed by atoms with Crippen molar-refractivity contribution in [1.29, 1.82) is 0 Å². The summed E-state index contributed by atoms with van der Waals surface area (Å²) >= 11 is 12.4. The van der Waals surface area contributed by atoms with Crippen LogP contribution >= 0.6 is 23.2 Å². The minimum atomic E-state index is -0.697. The van der Waals surface area contributed by atoms with E-state index in [0.29, 0.717) is 22.9 Å².